The monoisotopic (exact) mass is 267 g/mol. The number of aliphatic hydroxyl groups excluding tert-OH is 1. The lowest BCUT2D eigenvalue weighted by molar-refractivity contribution is -0.176. The van der Waals surface area contributed by atoms with Crippen LogP contribution in [-0.4, -0.2) is 37.0 Å². The van der Waals surface area contributed by atoms with Crippen molar-refractivity contribution in [2.45, 2.75) is 64.0 Å². The Hall–Kier alpha value is -0.120. The van der Waals surface area contributed by atoms with Crippen LogP contribution in [0.5, 0.6) is 0 Å². The average molecular weight is 267 g/mol. The Balaban J connectivity index is 1.54. The third-order valence-corrected chi connectivity index (χ3v) is 5.90. The van der Waals surface area contributed by atoms with Gasteiger partial charge in [-0.25, -0.2) is 0 Å². The van der Waals surface area contributed by atoms with Gasteiger partial charge < -0.3 is 15.2 Å². The second kappa shape index (κ2) is 5.71. The molecule has 0 aromatic heterocycles. The van der Waals surface area contributed by atoms with E-state index in [0.29, 0.717) is 30.1 Å². The minimum absolute atomic E-state index is 0.331. The summed E-state index contributed by atoms with van der Waals surface area (Å²) in [5, 5.41) is 13.0. The Kier molecular flexibility index (Phi) is 4.16. The van der Waals surface area contributed by atoms with Crippen molar-refractivity contribution in [2.24, 2.45) is 17.3 Å². The first-order chi connectivity index (χ1) is 9.31. The molecule has 3 aliphatic rings. The Morgan fingerprint density at radius 1 is 1.37 bits per heavy atom. The van der Waals surface area contributed by atoms with E-state index < -0.39 is 0 Å². The molecule has 0 aromatic carbocycles. The van der Waals surface area contributed by atoms with Gasteiger partial charge in [0, 0.05) is 30.6 Å². The molecule has 0 amide bonds. The predicted molar refractivity (Wildman–Crippen MR) is 76.0 cm³/mol. The van der Waals surface area contributed by atoms with Gasteiger partial charge in [0.25, 0.3) is 0 Å². The Labute approximate surface area is 117 Å². The highest BCUT2D eigenvalue weighted by atomic mass is 16.5. The topological polar surface area (TPSA) is 41.5 Å². The first-order valence-electron chi connectivity index (χ1n) is 8.27. The molecule has 3 fully saturated rings. The molecule has 4 unspecified atom stereocenters. The molecule has 0 aromatic rings. The largest absolute Gasteiger partial charge is 0.396 e. The van der Waals surface area contributed by atoms with Gasteiger partial charge in [-0.3, -0.25) is 0 Å². The zero-order chi connectivity index (χ0) is 13.3. The summed E-state index contributed by atoms with van der Waals surface area (Å²) in [5.41, 5.74) is 0.497. The lowest BCUT2D eigenvalue weighted by atomic mass is 9.46. The number of hydrogen-bond donors (Lipinski definition) is 2. The molecular weight excluding hydrogens is 238 g/mol. The van der Waals surface area contributed by atoms with E-state index in [1.165, 1.54) is 38.5 Å². The number of fused-ring (bicyclic) bond motifs is 2. The van der Waals surface area contributed by atoms with Crippen LogP contribution in [0.15, 0.2) is 0 Å². The first-order valence-corrected chi connectivity index (χ1v) is 8.27. The van der Waals surface area contributed by atoms with Crippen LogP contribution in [0.2, 0.25) is 0 Å². The maximum atomic E-state index is 9.16. The average Bonchev–Trinajstić information content (AvgIpc) is 2.73. The van der Waals surface area contributed by atoms with Crippen molar-refractivity contribution in [3.8, 4) is 0 Å². The smallest absolute Gasteiger partial charge is 0.0690 e. The normalized spacial score (nSPS) is 36.6. The van der Waals surface area contributed by atoms with Crippen LogP contribution < -0.4 is 5.32 Å². The second-order valence-electron chi connectivity index (χ2n) is 6.88. The van der Waals surface area contributed by atoms with Crippen LogP contribution in [0.4, 0.5) is 0 Å². The molecule has 3 heteroatoms. The van der Waals surface area contributed by atoms with Crippen molar-refractivity contribution < 1.29 is 9.84 Å². The van der Waals surface area contributed by atoms with Crippen LogP contribution >= 0.6 is 0 Å². The van der Waals surface area contributed by atoms with E-state index in [0.717, 1.165) is 25.5 Å². The van der Waals surface area contributed by atoms with Gasteiger partial charge in [0.15, 0.2) is 0 Å². The molecule has 4 atom stereocenters. The third-order valence-electron chi connectivity index (χ3n) is 5.90. The highest BCUT2D eigenvalue weighted by Gasteiger charge is 2.66. The fraction of sp³-hybridized carbons (Fsp3) is 1.00. The summed E-state index contributed by atoms with van der Waals surface area (Å²) in [6, 6.07) is 0.701. The molecule has 110 valence electrons. The van der Waals surface area contributed by atoms with Crippen molar-refractivity contribution in [2.75, 3.05) is 19.8 Å². The van der Waals surface area contributed by atoms with Gasteiger partial charge in [-0.1, -0.05) is 19.8 Å². The predicted octanol–water partition coefficient (Wildman–Crippen LogP) is 2.33. The summed E-state index contributed by atoms with van der Waals surface area (Å²) in [6.07, 6.45) is 9.35. The number of rotatable bonds is 7. The maximum absolute atomic E-state index is 9.16. The molecule has 3 nitrogen and oxygen atoms in total. The summed E-state index contributed by atoms with van der Waals surface area (Å²) in [7, 11) is 0. The van der Waals surface area contributed by atoms with Crippen LogP contribution in [0.1, 0.15) is 51.9 Å². The lowest BCUT2D eigenvalue weighted by Crippen LogP contribution is -2.71. The maximum Gasteiger partial charge on any atom is 0.0690 e. The van der Waals surface area contributed by atoms with Gasteiger partial charge in [-0.15, -0.1) is 0 Å². The molecule has 1 aliphatic heterocycles. The summed E-state index contributed by atoms with van der Waals surface area (Å²) < 4.78 is 5.96. The third kappa shape index (κ3) is 2.24. The fourth-order valence-electron chi connectivity index (χ4n) is 4.79. The molecule has 1 heterocycles. The Morgan fingerprint density at radius 3 is 2.84 bits per heavy atom. The van der Waals surface area contributed by atoms with Crippen molar-refractivity contribution in [3.63, 3.8) is 0 Å². The van der Waals surface area contributed by atoms with Crippen LogP contribution in [0, 0.1) is 17.3 Å². The van der Waals surface area contributed by atoms with E-state index in [-0.39, 0.29) is 0 Å². The van der Waals surface area contributed by atoms with Gasteiger partial charge >= 0.3 is 0 Å². The Morgan fingerprint density at radius 2 is 2.21 bits per heavy atom. The zero-order valence-corrected chi connectivity index (χ0v) is 12.2. The van der Waals surface area contributed by atoms with Gasteiger partial charge in [0.05, 0.1) is 6.10 Å². The van der Waals surface area contributed by atoms with E-state index in [4.69, 9.17) is 9.84 Å². The molecule has 0 bridgehead atoms. The van der Waals surface area contributed by atoms with E-state index in [1.54, 1.807) is 0 Å². The van der Waals surface area contributed by atoms with Crippen LogP contribution in [-0.2, 0) is 4.74 Å². The van der Waals surface area contributed by atoms with Gasteiger partial charge in [-0.05, 0) is 44.6 Å². The molecule has 1 saturated heterocycles. The molecule has 0 radical (unpaired) electrons. The van der Waals surface area contributed by atoms with Crippen LogP contribution in [0.25, 0.3) is 0 Å². The summed E-state index contributed by atoms with van der Waals surface area (Å²) >= 11 is 0. The number of aliphatic hydroxyl groups is 1. The molecule has 2 saturated carbocycles. The molecule has 2 N–H and O–H groups in total. The number of hydrogen-bond acceptors (Lipinski definition) is 3. The molecular formula is C16H29NO2. The number of nitrogens with one attached hydrogen (secondary N) is 1. The lowest BCUT2D eigenvalue weighted by Gasteiger charge is -2.63. The van der Waals surface area contributed by atoms with Gasteiger partial charge in [0.1, 0.15) is 0 Å². The summed E-state index contributed by atoms with van der Waals surface area (Å²) in [6.45, 7) is 4.63. The van der Waals surface area contributed by atoms with Crippen molar-refractivity contribution >= 4 is 0 Å². The highest BCUT2D eigenvalue weighted by Crippen LogP contribution is 2.62. The first kappa shape index (κ1) is 13.8. The molecule has 2 aliphatic carbocycles. The number of ether oxygens (including phenoxy) is 1. The SMILES string of the molecule is CCCC(CCO)CNC1C2CCOC2C12CCC2. The van der Waals surface area contributed by atoms with E-state index in [2.05, 4.69) is 12.2 Å². The minimum Gasteiger partial charge on any atom is -0.396 e. The molecule has 19 heavy (non-hydrogen) atoms. The summed E-state index contributed by atoms with van der Waals surface area (Å²) in [4.78, 5) is 0. The quantitative estimate of drug-likeness (QED) is 0.744. The molecule has 3 rings (SSSR count). The second-order valence-corrected chi connectivity index (χ2v) is 6.88. The van der Waals surface area contributed by atoms with Crippen molar-refractivity contribution in [1.82, 2.24) is 5.32 Å². The minimum atomic E-state index is 0.331. The highest BCUT2D eigenvalue weighted by molar-refractivity contribution is 5.18. The zero-order valence-electron chi connectivity index (χ0n) is 12.2. The fourth-order valence-corrected chi connectivity index (χ4v) is 4.79. The van der Waals surface area contributed by atoms with E-state index in [1.807, 2.05) is 0 Å². The van der Waals surface area contributed by atoms with E-state index in [9.17, 15) is 0 Å². The summed E-state index contributed by atoms with van der Waals surface area (Å²) in [5.74, 6) is 1.42. The van der Waals surface area contributed by atoms with Crippen molar-refractivity contribution in [1.29, 1.82) is 0 Å². The van der Waals surface area contributed by atoms with Crippen LogP contribution in [0.3, 0.4) is 0 Å². The van der Waals surface area contributed by atoms with Gasteiger partial charge in [-0.2, -0.15) is 0 Å². The van der Waals surface area contributed by atoms with Crippen molar-refractivity contribution in [3.05, 3.63) is 0 Å². The standard InChI is InChI=1S/C16H29NO2/c1-2-4-12(5-9-18)11-17-14-13-6-10-19-15(13)16(14)7-3-8-16/h12-15,17-18H,2-11H2,1H3. The van der Waals surface area contributed by atoms with E-state index >= 15 is 0 Å². The Bertz CT molecular complexity index is 297. The van der Waals surface area contributed by atoms with Gasteiger partial charge in [0.2, 0.25) is 0 Å². The molecule has 1 spiro atoms.